The molecule has 1 N–H and O–H groups in total. The van der Waals surface area contributed by atoms with E-state index in [4.69, 9.17) is 0 Å². The fraction of sp³-hybridized carbons (Fsp3) is 0.100. The molecule has 3 aromatic rings. The van der Waals surface area contributed by atoms with Gasteiger partial charge in [0.1, 0.15) is 0 Å². The van der Waals surface area contributed by atoms with Crippen LogP contribution >= 0.6 is 0 Å². The maximum atomic E-state index is 12.1. The number of hydrogen-bond donors (Lipinski definition) is 1. The van der Waals surface area contributed by atoms with Crippen LogP contribution in [0.1, 0.15) is 28.4 Å². The summed E-state index contributed by atoms with van der Waals surface area (Å²) in [6.45, 7) is 3.88. The monoisotopic (exact) mass is 302 g/mol. The van der Waals surface area contributed by atoms with Crippen LogP contribution in [-0.4, -0.2) is 11.6 Å². The number of benzene rings is 3. The molecule has 114 valence electrons. The average Bonchev–Trinajstić information content (AvgIpc) is 2.59. The number of amides is 1. The summed E-state index contributed by atoms with van der Waals surface area (Å²) in [4.78, 5) is 12.1. The first-order chi connectivity index (χ1) is 11.1. The van der Waals surface area contributed by atoms with Gasteiger partial charge in [-0.3, -0.25) is 4.79 Å². The Morgan fingerprint density at radius 1 is 0.870 bits per heavy atom. The maximum absolute atomic E-state index is 12.1. The van der Waals surface area contributed by atoms with Crippen molar-refractivity contribution in [2.45, 2.75) is 13.8 Å². The summed E-state index contributed by atoms with van der Waals surface area (Å²) in [7, 11) is 0. The van der Waals surface area contributed by atoms with Crippen LogP contribution in [-0.2, 0) is 0 Å². The summed E-state index contributed by atoms with van der Waals surface area (Å²) in [6, 6.07) is 21.7. The van der Waals surface area contributed by atoms with Gasteiger partial charge in [0, 0.05) is 5.56 Å². The van der Waals surface area contributed by atoms with Crippen LogP contribution in [0.2, 0.25) is 0 Å². The van der Waals surface area contributed by atoms with Gasteiger partial charge < -0.3 is 0 Å². The van der Waals surface area contributed by atoms with Crippen LogP contribution in [0.4, 0.5) is 0 Å². The first-order valence-electron chi connectivity index (χ1n) is 7.54. The molecule has 0 heterocycles. The molecule has 0 aliphatic heterocycles. The summed E-state index contributed by atoms with van der Waals surface area (Å²) >= 11 is 0. The Balaban J connectivity index is 1.78. The number of rotatable bonds is 3. The van der Waals surface area contributed by atoms with Crippen molar-refractivity contribution in [2.75, 3.05) is 0 Å². The SMILES string of the molecule is C/C(=N/NC(=O)c1ccc(C)cc1)c1ccc2ccccc2c1. The average molecular weight is 302 g/mol. The van der Waals surface area contributed by atoms with Gasteiger partial charge in [-0.1, -0.05) is 54.1 Å². The molecule has 0 aliphatic carbocycles. The highest BCUT2D eigenvalue weighted by atomic mass is 16.2. The van der Waals surface area contributed by atoms with E-state index in [-0.39, 0.29) is 5.91 Å². The van der Waals surface area contributed by atoms with Gasteiger partial charge in [-0.2, -0.15) is 5.10 Å². The van der Waals surface area contributed by atoms with Crippen LogP contribution in [0.25, 0.3) is 10.8 Å². The molecular formula is C20H18N2O. The molecule has 0 radical (unpaired) electrons. The van der Waals surface area contributed by atoms with Crippen LogP contribution in [0.5, 0.6) is 0 Å². The van der Waals surface area contributed by atoms with Crippen LogP contribution in [0, 0.1) is 6.92 Å². The number of carbonyl (C=O) groups excluding carboxylic acids is 1. The van der Waals surface area contributed by atoms with E-state index in [2.05, 4.69) is 34.8 Å². The normalized spacial score (nSPS) is 11.5. The predicted octanol–water partition coefficient (Wildman–Crippen LogP) is 4.30. The molecule has 23 heavy (non-hydrogen) atoms. The van der Waals surface area contributed by atoms with Crippen LogP contribution in [0.3, 0.4) is 0 Å². The Kier molecular flexibility index (Phi) is 4.20. The van der Waals surface area contributed by atoms with E-state index in [1.54, 1.807) is 12.1 Å². The molecule has 0 atom stereocenters. The molecule has 0 aromatic heterocycles. The number of nitrogens with one attached hydrogen (secondary N) is 1. The van der Waals surface area contributed by atoms with E-state index in [9.17, 15) is 4.79 Å². The minimum absolute atomic E-state index is 0.204. The van der Waals surface area contributed by atoms with E-state index in [1.807, 2.05) is 44.2 Å². The minimum Gasteiger partial charge on any atom is -0.267 e. The van der Waals surface area contributed by atoms with E-state index in [0.29, 0.717) is 5.56 Å². The molecule has 0 saturated heterocycles. The zero-order valence-electron chi connectivity index (χ0n) is 13.2. The van der Waals surface area contributed by atoms with Gasteiger partial charge >= 0.3 is 0 Å². The summed E-state index contributed by atoms with van der Waals surface area (Å²) in [5, 5.41) is 6.56. The van der Waals surface area contributed by atoms with Gasteiger partial charge in [0.25, 0.3) is 5.91 Å². The van der Waals surface area contributed by atoms with Crippen molar-refractivity contribution < 1.29 is 4.79 Å². The number of fused-ring (bicyclic) bond motifs is 1. The molecule has 0 aliphatic rings. The molecule has 0 unspecified atom stereocenters. The predicted molar refractivity (Wildman–Crippen MR) is 94.8 cm³/mol. The standard InChI is InChI=1S/C20H18N2O/c1-14-7-9-17(10-8-14)20(23)22-21-15(2)18-12-11-16-5-3-4-6-19(16)13-18/h3-13H,1-2H3,(H,22,23)/b21-15-. The quantitative estimate of drug-likeness (QED) is 0.568. The largest absolute Gasteiger partial charge is 0.271 e. The Morgan fingerprint density at radius 2 is 1.52 bits per heavy atom. The van der Waals surface area contributed by atoms with E-state index in [0.717, 1.165) is 22.2 Å². The smallest absolute Gasteiger partial charge is 0.267 e. The first-order valence-corrected chi connectivity index (χ1v) is 7.54. The molecule has 0 fully saturated rings. The van der Waals surface area contributed by atoms with Gasteiger partial charge in [0.15, 0.2) is 0 Å². The van der Waals surface area contributed by atoms with Gasteiger partial charge in [-0.25, -0.2) is 5.43 Å². The number of carbonyl (C=O) groups is 1. The van der Waals surface area contributed by atoms with Crippen molar-refractivity contribution in [1.29, 1.82) is 0 Å². The lowest BCUT2D eigenvalue weighted by Gasteiger charge is -2.05. The van der Waals surface area contributed by atoms with Crippen molar-refractivity contribution in [1.82, 2.24) is 5.43 Å². The zero-order valence-corrected chi connectivity index (χ0v) is 13.2. The molecule has 0 saturated carbocycles. The fourth-order valence-electron chi connectivity index (χ4n) is 2.38. The van der Waals surface area contributed by atoms with Crippen molar-refractivity contribution in [3.63, 3.8) is 0 Å². The molecule has 3 rings (SSSR count). The van der Waals surface area contributed by atoms with E-state index >= 15 is 0 Å². The van der Waals surface area contributed by atoms with Crippen molar-refractivity contribution in [2.24, 2.45) is 5.10 Å². The lowest BCUT2D eigenvalue weighted by molar-refractivity contribution is 0.0955. The van der Waals surface area contributed by atoms with Crippen LogP contribution < -0.4 is 5.43 Å². The summed E-state index contributed by atoms with van der Waals surface area (Å²) in [5.74, 6) is -0.204. The second-order valence-corrected chi connectivity index (χ2v) is 5.57. The molecule has 3 heteroatoms. The third-order valence-corrected chi connectivity index (χ3v) is 3.81. The Bertz CT molecular complexity index is 880. The Labute approximate surface area is 135 Å². The maximum Gasteiger partial charge on any atom is 0.271 e. The Hall–Kier alpha value is -2.94. The van der Waals surface area contributed by atoms with Gasteiger partial charge in [0.05, 0.1) is 5.71 Å². The fourth-order valence-corrected chi connectivity index (χ4v) is 2.38. The summed E-state index contributed by atoms with van der Waals surface area (Å²) in [5.41, 5.74) is 6.11. The molecule has 1 amide bonds. The topological polar surface area (TPSA) is 41.5 Å². The van der Waals surface area contributed by atoms with Crippen molar-refractivity contribution in [3.8, 4) is 0 Å². The molecule has 3 nitrogen and oxygen atoms in total. The molecule has 0 bridgehead atoms. The highest BCUT2D eigenvalue weighted by Gasteiger charge is 2.05. The highest BCUT2D eigenvalue weighted by molar-refractivity contribution is 6.03. The molecular weight excluding hydrogens is 284 g/mol. The Morgan fingerprint density at radius 3 is 2.26 bits per heavy atom. The number of hydrazone groups is 1. The number of aryl methyl sites for hydroxylation is 1. The third-order valence-electron chi connectivity index (χ3n) is 3.81. The molecule has 3 aromatic carbocycles. The zero-order chi connectivity index (χ0) is 16.2. The minimum atomic E-state index is -0.204. The molecule has 0 spiro atoms. The second kappa shape index (κ2) is 6.44. The number of hydrogen-bond acceptors (Lipinski definition) is 2. The lowest BCUT2D eigenvalue weighted by atomic mass is 10.0. The summed E-state index contributed by atoms with van der Waals surface area (Å²) in [6.07, 6.45) is 0. The lowest BCUT2D eigenvalue weighted by Crippen LogP contribution is -2.19. The van der Waals surface area contributed by atoms with Gasteiger partial charge in [0.2, 0.25) is 0 Å². The first kappa shape index (κ1) is 15.0. The summed E-state index contributed by atoms with van der Waals surface area (Å²) < 4.78 is 0. The highest BCUT2D eigenvalue weighted by Crippen LogP contribution is 2.16. The van der Waals surface area contributed by atoms with Gasteiger partial charge in [-0.05, 0) is 48.4 Å². The van der Waals surface area contributed by atoms with E-state index in [1.165, 1.54) is 5.39 Å². The number of nitrogens with zero attached hydrogens (tertiary/aromatic N) is 1. The van der Waals surface area contributed by atoms with E-state index < -0.39 is 0 Å². The van der Waals surface area contributed by atoms with Crippen molar-refractivity contribution >= 4 is 22.4 Å². The van der Waals surface area contributed by atoms with Crippen LogP contribution in [0.15, 0.2) is 71.8 Å². The third kappa shape index (κ3) is 3.46. The van der Waals surface area contributed by atoms with Crippen molar-refractivity contribution in [3.05, 3.63) is 83.4 Å². The second-order valence-electron chi connectivity index (χ2n) is 5.57. The van der Waals surface area contributed by atoms with Gasteiger partial charge in [-0.15, -0.1) is 0 Å².